The van der Waals surface area contributed by atoms with E-state index in [-0.39, 0.29) is 11.7 Å². The van der Waals surface area contributed by atoms with Crippen LogP contribution >= 0.6 is 12.2 Å². The highest BCUT2D eigenvalue weighted by Gasteiger charge is 2.27. The molecule has 0 unspecified atom stereocenters. The van der Waals surface area contributed by atoms with Gasteiger partial charge in [0.1, 0.15) is 5.82 Å². The first-order valence-corrected chi connectivity index (χ1v) is 8.87. The van der Waals surface area contributed by atoms with E-state index in [1.54, 1.807) is 13.0 Å². The standard InChI is InChI=1S/C17H23FN4OS/c1-12-2-3-14(10-15(12)18)20-17(24)22-8-6-21(7-9-22)11-16(23)19-13-4-5-13/h2-3,10,13H,4-9,11H2,1H3,(H,19,23)(H,20,24)/p+1. The second kappa shape index (κ2) is 7.44. The fourth-order valence-electron chi connectivity index (χ4n) is 2.81. The molecule has 130 valence electrons. The van der Waals surface area contributed by atoms with Gasteiger partial charge >= 0.3 is 0 Å². The van der Waals surface area contributed by atoms with Crippen LogP contribution in [-0.4, -0.2) is 54.7 Å². The molecule has 24 heavy (non-hydrogen) atoms. The first-order valence-electron chi connectivity index (χ1n) is 8.46. The van der Waals surface area contributed by atoms with Gasteiger partial charge in [0.05, 0.1) is 26.2 Å². The van der Waals surface area contributed by atoms with Crippen molar-refractivity contribution in [1.82, 2.24) is 10.2 Å². The van der Waals surface area contributed by atoms with Crippen molar-refractivity contribution in [2.45, 2.75) is 25.8 Å². The minimum absolute atomic E-state index is 0.150. The fourth-order valence-corrected chi connectivity index (χ4v) is 3.11. The molecule has 7 heteroatoms. The molecule has 1 heterocycles. The lowest BCUT2D eigenvalue weighted by Gasteiger charge is -2.33. The zero-order chi connectivity index (χ0) is 17.1. The van der Waals surface area contributed by atoms with Crippen LogP contribution in [0.2, 0.25) is 0 Å². The Morgan fingerprint density at radius 3 is 2.71 bits per heavy atom. The highest BCUT2D eigenvalue weighted by Crippen LogP contribution is 2.18. The molecule has 3 rings (SSSR count). The van der Waals surface area contributed by atoms with Crippen molar-refractivity contribution in [3.63, 3.8) is 0 Å². The van der Waals surface area contributed by atoms with E-state index in [9.17, 15) is 9.18 Å². The monoisotopic (exact) mass is 351 g/mol. The average Bonchev–Trinajstić information content (AvgIpc) is 3.35. The second-order valence-corrected chi connectivity index (χ2v) is 7.04. The molecule has 5 nitrogen and oxygen atoms in total. The van der Waals surface area contributed by atoms with E-state index in [2.05, 4.69) is 15.5 Å². The number of aryl methyl sites for hydroxylation is 1. The molecule has 0 radical (unpaired) electrons. The Labute approximate surface area is 147 Å². The number of hydrogen-bond donors (Lipinski definition) is 3. The Bertz CT molecular complexity index is 627. The summed E-state index contributed by atoms with van der Waals surface area (Å²) >= 11 is 5.43. The van der Waals surface area contributed by atoms with Crippen LogP contribution < -0.4 is 15.5 Å². The summed E-state index contributed by atoms with van der Waals surface area (Å²) in [6.45, 7) is 5.62. The van der Waals surface area contributed by atoms with Gasteiger partial charge in [0, 0.05) is 11.7 Å². The predicted octanol–water partition coefficient (Wildman–Crippen LogP) is 0.310. The van der Waals surface area contributed by atoms with Crippen molar-refractivity contribution in [2.75, 3.05) is 38.0 Å². The summed E-state index contributed by atoms with van der Waals surface area (Å²) in [6, 6.07) is 5.45. The van der Waals surface area contributed by atoms with Gasteiger partial charge in [-0.25, -0.2) is 4.39 Å². The average molecular weight is 351 g/mol. The number of quaternary nitrogens is 1. The number of anilines is 1. The highest BCUT2D eigenvalue weighted by atomic mass is 32.1. The molecular formula is C17H24FN4OS+. The number of carbonyl (C=O) groups excluding carboxylic acids is 1. The molecule has 0 spiro atoms. The van der Waals surface area contributed by atoms with Gasteiger partial charge in [-0.3, -0.25) is 4.79 Å². The van der Waals surface area contributed by atoms with Crippen molar-refractivity contribution < 1.29 is 14.1 Å². The first-order chi connectivity index (χ1) is 11.5. The SMILES string of the molecule is Cc1ccc(NC(=S)N2CC[NH+](CC(=O)NC3CC3)CC2)cc1F. The molecule has 1 amide bonds. The zero-order valence-corrected chi connectivity index (χ0v) is 14.7. The van der Waals surface area contributed by atoms with E-state index in [0.717, 1.165) is 39.0 Å². The van der Waals surface area contributed by atoms with E-state index in [1.165, 1.54) is 11.0 Å². The topological polar surface area (TPSA) is 48.8 Å². The van der Waals surface area contributed by atoms with Gasteiger partial charge in [-0.15, -0.1) is 0 Å². The Morgan fingerprint density at radius 1 is 1.38 bits per heavy atom. The highest BCUT2D eigenvalue weighted by molar-refractivity contribution is 7.80. The summed E-state index contributed by atoms with van der Waals surface area (Å²) in [5.74, 6) is -0.0875. The maximum Gasteiger partial charge on any atom is 0.275 e. The van der Waals surface area contributed by atoms with Crippen LogP contribution in [0.3, 0.4) is 0 Å². The van der Waals surface area contributed by atoms with Crippen LogP contribution in [0.5, 0.6) is 0 Å². The number of nitrogens with zero attached hydrogens (tertiary/aromatic N) is 1. The molecule has 2 fully saturated rings. The van der Waals surface area contributed by atoms with Crippen LogP contribution in [0.25, 0.3) is 0 Å². The van der Waals surface area contributed by atoms with Crippen LogP contribution in [-0.2, 0) is 4.79 Å². The van der Waals surface area contributed by atoms with Crippen LogP contribution in [0.15, 0.2) is 18.2 Å². The number of rotatable bonds is 4. The predicted molar refractivity (Wildman–Crippen MR) is 95.7 cm³/mol. The Morgan fingerprint density at radius 2 is 2.08 bits per heavy atom. The molecule has 0 aromatic heterocycles. The third-order valence-corrected chi connectivity index (χ3v) is 4.89. The first kappa shape index (κ1) is 17.1. The van der Waals surface area contributed by atoms with E-state index < -0.39 is 0 Å². The van der Waals surface area contributed by atoms with Crippen LogP contribution in [0.1, 0.15) is 18.4 Å². The number of carbonyl (C=O) groups is 1. The molecule has 3 N–H and O–H groups in total. The van der Waals surface area contributed by atoms with Crippen molar-refractivity contribution >= 4 is 28.9 Å². The minimum Gasteiger partial charge on any atom is -0.348 e. The third-order valence-electron chi connectivity index (χ3n) is 4.53. The van der Waals surface area contributed by atoms with Crippen molar-refractivity contribution in [3.8, 4) is 0 Å². The lowest BCUT2D eigenvalue weighted by atomic mass is 10.2. The van der Waals surface area contributed by atoms with E-state index >= 15 is 0 Å². The van der Waals surface area contributed by atoms with Crippen LogP contribution in [0.4, 0.5) is 10.1 Å². The summed E-state index contributed by atoms with van der Waals surface area (Å²) in [5, 5.41) is 6.74. The summed E-state index contributed by atoms with van der Waals surface area (Å²) in [5.41, 5.74) is 1.29. The zero-order valence-electron chi connectivity index (χ0n) is 13.9. The van der Waals surface area contributed by atoms with E-state index in [4.69, 9.17) is 12.2 Å². The van der Waals surface area contributed by atoms with Crippen molar-refractivity contribution in [2.24, 2.45) is 0 Å². The molecular weight excluding hydrogens is 327 g/mol. The Balaban J connectivity index is 1.44. The van der Waals surface area contributed by atoms with E-state index in [1.807, 2.05) is 6.07 Å². The summed E-state index contributed by atoms with van der Waals surface area (Å²) < 4.78 is 13.6. The van der Waals surface area contributed by atoms with Gasteiger partial charge in [0.2, 0.25) is 0 Å². The summed E-state index contributed by atoms with van der Waals surface area (Å²) in [4.78, 5) is 15.2. The minimum atomic E-state index is -0.237. The number of amides is 1. The van der Waals surface area contributed by atoms with Crippen molar-refractivity contribution in [1.29, 1.82) is 0 Å². The van der Waals surface area contributed by atoms with Gasteiger partial charge < -0.3 is 20.4 Å². The molecule has 0 bridgehead atoms. The molecule has 1 saturated carbocycles. The molecule has 2 aliphatic rings. The number of nitrogens with one attached hydrogen (secondary N) is 3. The van der Waals surface area contributed by atoms with Crippen LogP contribution in [0, 0.1) is 12.7 Å². The fraction of sp³-hybridized carbons (Fsp3) is 0.529. The van der Waals surface area contributed by atoms with Gasteiger partial charge in [-0.2, -0.15) is 0 Å². The second-order valence-electron chi connectivity index (χ2n) is 6.65. The third kappa shape index (κ3) is 4.64. The van der Waals surface area contributed by atoms with Gasteiger partial charge in [-0.1, -0.05) is 6.07 Å². The largest absolute Gasteiger partial charge is 0.348 e. The molecule has 1 saturated heterocycles. The Kier molecular flexibility index (Phi) is 5.30. The van der Waals surface area contributed by atoms with Gasteiger partial charge in [-0.05, 0) is 49.7 Å². The summed E-state index contributed by atoms with van der Waals surface area (Å²) in [6.07, 6.45) is 2.24. The molecule has 1 aromatic rings. The van der Waals surface area contributed by atoms with Gasteiger partial charge in [0.15, 0.2) is 11.7 Å². The maximum absolute atomic E-state index is 13.6. The van der Waals surface area contributed by atoms with Crippen molar-refractivity contribution in [3.05, 3.63) is 29.6 Å². The molecule has 1 aliphatic carbocycles. The molecule has 0 atom stereocenters. The summed E-state index contributed by atoms with van der Waals surface area (Å²) in [7, 11) is 0. The number of hydrogen-bond acceptors (Lipinski definition) is 2. The molecule has 1 aromatic carbocycles. The number of halogens is 1. The number of thiocarbonyl (C=S) groups is 1. The lowest BCUT2D eigenvalue weighted by molar-refractivity contribution is -0.895. The smallest absolute Gasteiger partial charge is 0.275 e. The maximum atomic E-state index is 13.6. The van der Waals surface area contributed by atoms with Gasteiger partial charge in [0.25, 0.3) is 5.91 Å². The number of piperazine rings is 1. The Hall–Kier alpha value is -1.73. The number of benzene rings is 1. The molecule has 1 aliphatic heterocycles. The lowest BCUT2D eigenvalue weighted by Crippen LogP contribution is -3.15. The normalized spacial score (nSPS) is 18.3. The quantitative estimate of drug-likeness (QED) is 0.684. The van der Waals surface area contributed by atoms with E-state index in [0.29, 0.717) is 28.9 Å².